The van der Waals surface area contributed by atoms with Crippen LogP contribution in [0.2, 0.25) is 0 Å². The molecular weight excluding hydrogens is 218 g/mol. The summed E-state index contributed by atoms with van der Waals surface area (Å²) >= 11 is 0. The van der Waals surface area contributed by atoms with Crippen molar-refractivity contribution in [3.63, 3.8) is 0 Å². The van der Waals surface area contributed by atoms with Gasteiger partial charge in [-0.25, -0.2) is 4.79 Å². The van der Waals surface area contributed by atoms with Gasteiger partial charge in [-0.15, -0.1) is 0 Å². The molecule has 1 aliphatic carbocycles. The van der Waals surface area contributed by atoms with E-state index in [1.807, 2.05) is 0 Å². The Morgan fingerprint density at radius 1 is 1.29 bits per heavy atom. The molecule has 0 radical (unpaired) electrons. The summed E-state index contributed by atoms with van der Waals surface area (Å²) < 4.78 is 5.27. The van der Waals surface area contributed by atoms with Crippen molar-refractivity contribution in [1.82, 2.24) is 5.32 Å². The summed E-state index contributed by atoms with van der Waals surface area (Å²) in [6, 6.07) is 6.56. The molecule has 0 heterocycles. The number of hydrogen-bond acceptors (Lipinski definition) is 3. The number of carbonyl (C=O) groups is 2. The molecule has 4 nitrogen and oxygen atoms in total. The van der Waals surface area contributed by atoms with Crippen molar-refractivity contribution in [3.05, 3.63) is 35.4 Å². The average molecular weight is 233 g/mol. The van der Waals surface area contributed by atoms with Crippen LogP contribution in [0.5, 0.6) is 0 Å². The first-order valence-electron chi connectivity index (χ1n) is 5.74. The van der Waals surface area contributed by atoms with E-state index in [1.54, 1.807) is 31.3 Å². The Kier molecular flexibility index (Phi) is 3.42. The highest BCUT2D eigenvalue weighted by molar-refractivity contribution is 5.97. The second-order valence-corrected chi connectivity index (χ2v) is 4.12. The molecule has 90 valence electrons. The summed E-state index contributed by atoms with van der Waals surface area (Å²) in [4.78, 5) is 23.2. The van der Waals surface area contributed by atoms with Crippen molar-refractivity contribution in [2.45, 2.75) is 25.4 Å². The largest absolute Gasteiger partial charge is 0.459 e. The van der Waals surface area contributed by atoms with Gasteiger partial charge >= 0.3 is 5.97 Å². The summed E-state index contributed by atoms with van der Waals surface area (Å²) in [6.07, 6.45) is 3.07. The number of ether oxygens (including phenoxy) is 1. The maximum Gasteiger partial charge on any atom is 0.338 e. The molecule has 0 aliphatic heterocycles. The highest BCUT2D eigenvalue weighted by Crippen LogP contribution is 2.23. The molecule has 17 heavy (non-hydrogen) atoms. The van der Waals surface area contributed by atoms with E-state index in [0.29, 0.717) is 11.1 Å². The lowest BCUT2D eigenvalue weighted by molar-refractivity contribution is 0.00901. The molecule has 0 aromatic heterocycles. The zero-order valence-corrected chi connectivity index (χ0v) is 9.73. The molecule has 0 bridgehead atoms. The van der Waals surface area contributed by atoms with Crippen molar-refractivity contribution in [2.24, 2.45) is 0 Å². The van der Waals surface area contributed by atoms with E-state index in [0.717, 1.165) is 19.3 Å². The van der Waals surface area contributed by atoms with Gasteiger partial charge in [-0.2, -0.15) is 0 Å². The van der Waals surface area contributed by atoms with Gasteiger partial charge in [0.2, 0.25) is 0 Å². The Morgan fingerprint density at radius 3 is 2.59 bits per heavy atom. The lowest BCUT2D eigenvalue weighted by atomic mass is 9.96. The van der Waals surface area contributed by atoms with Crippen molar-refractivity contribution in [2.75, 3.05) is 7.05 Å². The van der Waals surface area contributed by atoms with Crippen molar-refractivity contribution in [3.8, 4) is 0 Å². The molecule has 1 saturated carbocycles. The summed E-state index contributed by atoms with van der Waals surface area (Å²) in [5.41, 5.74) is 0.897. The minimum absolute atomic E-state index is 0.0613. The van der Waals surface area contributed by atoms with Gasteiger partial charge in [0.1, 0.15) is 6.10 Å². The second-order valence-electron chi connectivity index (χ2n) is 4.12. The predicted octanol–water partition coefficient (Wildman–Crippen LogP) is 1.76. The quantitative estimate of drug-likeness (QED) is 0.809. The number of esters is 1. The Hall–Kier alpha value is -1.84. The molecule has 0 unspecified atom stereocenters. The summed E-state index contributed by atoms with van der Waals surface area (Å²) in [5.74, 6) is -0.552. The van der Waals surface area contributed by atoms with Crippen LogP contribution >= 0.6 is 0 Å². The Balaban J connectivity index is 2.09. The van der Waals surface area contributed by atoms with E-state index in [9.17, 15) is 9.59 Å². The van der Waals surface area contributed by atoms with Gasteiger partial charge < -0.3 is 10.1 Å². The third kappa shape index (κ3) is 2.64. The Labute approximate surface area is 100.0 Å². The third-order valence-electron chi connectivity index (χ3n) is 2.91. The second kappa shape index (κ2) is 4.99. The lowest BCUT2D eigenvalue weighted by Gasteiger charge is -2.25. The normalized spacial score (nSPS) is 14.9. The van der Waals surface area contributed by atoms with Crippen LogP contribution < -0.4 is 5.32 Å². The number of rotatable bonds is 3. The maximum atomic E-state index is 11.8. The minimum atomic E-state index is -0.347. The fourth-order valence-electron chi connectivity index (χ4n) is 1.64. The van der Waals surface area contributed by atoms with Crippen molar-refractivity contribution in [1.29, 1.82) is 0 Å². The smallest absolute Gasteiger partial charge is 0.338 e. The molecule has 1 fully saturated rings. The van der Waals surface area contributed by atoms with Gasteiger partial charge in [0.15, 0.2) is 0 Å². The van der Waals surface area contributed by atoms with E-state index >= 15 is 0 Å². The number of hydrogen-bond donors (Lipinski definition) is 1. The zero-order chi connectivity index (χ0) is 12.3. The van der Waals surface area contributed by atoms with Crippen LogP contribution in [0.4, 0.5) is 0 Å². The van der Waals surface area contributed by atoms with Gasteiger partial charge in [-0.1, -0.05) is 6.07 Å². The number of carbonyl (C=O) groups excluding carboxylic acids is 2. The molecule has 1 aliphatic rings. The maximum absolute atomic E-state index is 11.8. The van der Waals surface area contributed by atoms with Crippen LogP contribution in [-0.4, -0.2) is 25.0 Å². The number of amides is 1. The van der Waals surface area contributed by atoms with Crippen LogP contribution in [0.1, 0.15) is 40.0 Å². The summed E-state index contributed by atoms with van der Waals surface area (Å²) in [6.45, 7) is 0. The monoisotopic (exact) mass is 233 g/mol. The average Bonchev–Trinajstić information content (AvgIpc) is 2.32. The topological polar surface area (TPSA) is 55.4 Å². The van der Waals surface area contributed by atoms with Crippen LogP contribution in [0.25, 0.3) is 0 Å². The number of nitrogens with one attached hydrogen (secondary N) is 1. The lowest BCUT2D eigenvalue weighted by Crippen LogP contribution is -2.25. The van der Waals surface area contributed by atoms with Crippen LogP contribution in [0, 0.1) is 0 Å². The third-order valence-corrected chi connectivity index (χ3v) is 2.91. The van der Waals surface area contributed by atoms with Crippen LogP contribution in [0.15, 0.2) is 24.3 Å². The van der Waals surface area contributed by atoms with Crippen molar-refractivity contribution >= 4 is 11.9 Å². The molecule has 0 spiro atoms. The van der Waals surface area contributed by atoms with E-state index < -0.39 is 0 Å². The minimum Gasteiger partial charge on any atom is -0.459 e. The predicted molar refractivity (Wildman–Crippen MR) is 62.9 cm³/mol. The van der Waals surface area contributed by atoms with E-state index in [1.165, 1.54) is 0 Å². The molecule has 1 aromatic carbocycles. The molecule has 0 saturated heterocycles. The standard InChI is InChI=1S/C13H15NO3/c1-14-12(15)9-4-2-5-10(8-9)13(16)17-11-6-3-7-11/h2,4-5,8,11H,3,6-7H2,1H3,(H,14,15). The number of benzene rings is 1. The van der Waals surface area contributed by atoms with Crippen LogP contribution in [-0.2, 0) is 4.74 Å². The van der Waals surface area contributed by atoms with E-state index in [-0.39, 0.29) is 18.0 Å². The highest BCUT2D eigenvalue weighted by Gasteiger charge is 2.22. The van der Waals surface area contributed by atoms with Gasteiger partial charge in [0.05, 0.1) is 5.56 Å². The first kappa shape index (κ1) is 11.6. The molecule has 1 N–H and O–H groups in total. The Bertz CT molecular complexity index is 438. The van der Waals surface area contributed by atoms with Gasteiger partial charge in [0, 0.05) is 12.6 Å². The highest BCUT2D eigenvalue weighted by atomic mass is 16.5. The van der Waals surface area contributed by atoms with Crippen LogP contribution in [0.3, 0.4) is 0 Å². The fraction of sp³-hybridized carbons (Fsp3) is 0.385. The Morgan fingerprint density at radius 2 is 2.00 bits per heavy atom. The van der Waals surface area contributed by atoms with Gasteiger partial charge in [-0.05, 0) is 37.5 Å². The molecule has 1 aromatic rings. The van der Waals surface area contributed by atoms with Crippen molar-refractivity contribution < 1.29 is 14.3 Å². The van der Waals surface area contributed by atoms with Gasteiger partial charge in [-0.3, -0.25) is 4.79 Å². The zero-order valence-electron chi connectivity index (χ0n) is 9.73. The fourth-order valence-corrected chi connectivity index (χ4v) is 1.64. The summed E-state index contributed by atoms with van der Waals surface area (Å²) in [7, 11) is 1.56. The van der Waals surface area contributed by atoms with E-state index in [4.69, 9.17) is 4.74 Å². The SMILES string of the molecule is CNC(=O)c1cccc(C(=O)OC2CCC2)c1. The summed E-state index contributed by atoms with van der Waals surface area (Å²) in [5, 5.41) is 2.52. The molecule has 1 amide bonds. The first-order valence-corrected chi connectivity index (χ1v) is 5.74. The van der Waals surface area contributed by atoms with E-state index in [2.05, 4.69) is 5.32 Å². The first-order chi connectivity index (χ1) is 8.20. The molecule has 2 rings (SSSR count). The molecule has 0 atom stereocenters. The van der Waals surface area contributed by atoms with Gasteiger partial charge in [0.25, 0.3) is 5.91 Å². The molecule has 4 heteroatoms. The molecular formula is C13H15NO3.